The van der Waals surface area contributed by atoms with E-state index in [9.17, 15) is 13.2 Å². The summed E-state index contributed by atoms with van der Waals surface area (Å²) >= 11 is 0. The van der Waals surface area contributed by atoms with Crippen LogP contribution < -0.4 is 4.90 Å². The number of sulfonamides is 1. The molecule has 1 aromatic carbocycles. The van der Waals surface area contributed by atoms with Gasteiger partial charge in [0.15, 0.2) is 0 Å². The third kappa shape index (κ3) is 4.98. The molecule has 0 spiro atoms. The van der Waals surface area contributed by atoms with E-state index in [1.807, 2.05) is 18.0 Å². The first-order valence-corrected chi connectivity index (χ1v) is 14.0. The highest BCUT2D eigenvalue weighted by atomic mass is 32.2. The van der Waals surface area contributed by atoms with Crippen LogP contribution in [0.3, 0.4) is 0 Å². The zero-order valence-corrected chi connectivity index (χ0v) is 20.6. The first-order chi connectivity index (χ1) is 15.4. The lowest BCUT2D eigenvalue weighted by molar-refractivity contribution is 0.0680. The molecule has 1 aromatic rings. The highest BCUT2D eigenvalue weighted by Crippen LogP contribution is 2.32. The second kappa shape index (κ2) is 10.1. The molecule has 0 atom stereocenters. The summed E-state index contributed by atoms with van der Waals surface area (Å²) in [6, 6.07) is 5.49. The van der Waals surface area contributed by atoms with Crippen LogP contribution in [-0.2, 0) is 10.0 Å². The SMILES string of the molecule is CC1CCC(N(C)C(=O)c2cc(S(=O)(=O)N3CCCCC3)ccc2N2CCCCC2)CC1. The van der Waals surface area contributed by atoms with Crippen molar-refractivity contribution >= 4 is 21.6 Å². The van der Waals surface area contributed by atoms with Gasteiger partial charge in [-0.2, -0.15) is 4.31 Å². The zero-order chi connectivity index (χ0) is 22.7. The number of benzene rings is 1. The molecule has 1 saturated carbocycles. The summed E-state index contributed by atoms with van der Waals surface area (Å²) in [4.78, 5) is 18.1. The highest BCUT2D eigenvalue weighted by molar-refractivity contribution is 7.89. The monoisotopic (exact) mass is 461 g/mol. The Bertz CT molecular complexity index is 897. The van der Waals surface area contributed by atoms with Gasteiger partial charge in [0.05, 0.1) is 10.5 Å². The van der Waals surface area contributed by atoms with Crippen molar-refractivity contribution in [2.75, 3.05) is 38.1 Å². The van der Waals surface area contributed by atoms with Crippen molar-refractivity contribution in [3.8, 4) is 0 Å². The summed E-state index contributed by atoms with van der Waals surface area (Å²) in [5, 5.41) is 0. The quantitative estimate of drug-likeness (QED) is 0.648. The molecule has 0 bridgehead atoms. The molecule has 2 saturated heterocycles. The first-order valence-electron chi connectivity index (χ1n) is 12.5. The lowest BCUT2D eigenvalue weighted by atomic mass is 9.86. The van der Waals surface area contributed by atoms with Gasteiger partial charge in [0, 0.05) is 45.0 Å². The van der Waals surface area contributed by atoms with Crippen LogP contribution in [0.5, 0.6) is 0 Å². The maximum absolute atomic E-state index is 13.7. The van der Waals surface area contributed by atoms with Crippen LogP contribution in [-0.4, -0.2) is 62.8 Å². The molecule has 0 N–H and O–H groups in total. The minimum absolute atomic E-state index is 0.0409. The molecule has 32 heavy (non-hydrogen) atoms. The molecule has 2 aliphatic heterocycles. The molecule has 1 amide bonds. The van der Waals surface area contributed by atoms with E-state index in [1.165, 1.54) is 6.42 Å². The fourth-order valence-electron chi connectivity index (χ4n) is 5.50. The maximum Gasteiger partial charge on any atom is 0.255 e. The van der Waals surface area contributed by atoms with Gasteiger partial charge in [-0.25, -0.2) is 8.42 Å². The molecule has 0 aromatic heterocycles. The van der Waals surface area contributed by atoms with Gasteiger partial charge in [0.1, 0.15) is 0 Å². The predicted octanol–water partition coefficient (Wildman–Crippen LogP) is 4.50. The largest absolute Gasteiger partial charge is 0.371 e. The van der Waals surface area contributed by atoms with Gasteiger partial charge in [-0.1, -0.05) is 13.3 Å². The number of anilines is 1. The van der Waals surface area contributed by atoms with E-state index in [4.69, 9.17) is 0 Å². The van der Waals surface area contributed by atoms with Crippen LogP contribution in [0.1, 0.15) is 81.5 Å². The number of rotatable bonds is 5. The van der Waals surface area contributed by atoms with Gasteiger partial charge < -0.3 is 9.80 Å². The summed E-state index contributed by atoms with van der Waals surface area (Å²) in [5.74, 6) is 0.678. The van der Waals surface area contributed by atoms with Gasteiger partial charge in [0.25, 0.3) is 5.91 Å². The van der Waals surface area contributed by atoms with Crippen molar-refractivity contribution in [3.05, 3.63) is 23.8 Å². The molecule has 3 aliphatic rings. The summed E-state index contributed by atoms with van der Waals surface area (Å²) < 4.78 is 28.3. The smallest absolute Gasteiger partial charge is 0.255 e. The molecule has 6 nitrogen and oxygen atoms in total. The number of carbonyl (C=O) groups excluding carboxylic acids is 1. The van der Waals surface area contributed by atoms with Crippen LogP contribution in [0.4, 0.5) is 5.69 Å². The van der Waals surface area contributed by atoms with Crippen molar-refractivity contribution in [3.63, 3.8) is 0 Å². The van der Waals surface area contributed by atoms with Crippen molar-refractivity contribution in [2.24, 2.45) is 5.92 Å². The standard InChI is InChI=1S/C25H39N3O3S/c1-20-9-11-21(12-10-20)26(2)25(29)23-19-22(32(30,31)28-17-7-4-8-18-28)13-14-24(23)27-15-5-3-6-16-27/h13-14,19-21H,3-12,15-18H2,1-2H3. The Labute approximate surface area is 194 Å². The van der Waals surface area contributed by atoms with Crippen molar-refractivity contribution in [1.82, 2.24) is 9.21 Å². The van der Waals surface area contributed by atoms with E-state index in [0.717, 1.165) is 82.5 Å². The topological polar surface area (TPSA) is 60.9 Å². The van der Waals surface area contributed by atoms with Crippen LogP contribution >= 0.6 is 0 Å². The third-order valence-corrected chi connectivity index (χ3v) is 9.60. The third-order valence-electron chi connectivity index (χ3n) is 7.70. The fourth-order valence-corrected chi connectivity index (χ4v) is 7.04. The van der Waals surface area contributed by atoms with Gasteiger partial charge in [-0.05, 0) is 81.9 Å². The minimum Gasteiger partial charge on any atom is -0.371 e. The van der Waals surface area contributed by atoms with Crippen LogP contribution in [0.2, 0.25) is 0 Å². The van der Waals surface area contributed by atoms with E-state index in [1.54, 1.807) is 16.4 Å². The van der Waals surface area contributed by atoms with Crippen molar-refractivity contribution < 1.29 is 13.2 Å². The van der Waals surface area contributed by atoms with E-state index in [-0.39, 0.29) is 16.8 Å². The number of piperidine rings is 2. The second-order valence-electron chi connectivity index (χ2n) is 10.0. The molecule has 2 heterocycles. The number of nitrogens with zero attached hydrogens (tertiary/aromatic N) is 3. The Morgan fingerprint density at radius 2 is 1.50 bits per heavy atom. The molecule has 7 heteroatoms. The number of carbonyl (C=O) groups is 1. The van der Waals surface area contributed by atoms with Gasteiger partial charge in [-0.3, -0.25) is 4.79 Å². The molecule has 178 valence electrons. The van der Waals surface area contributed by atoms with Gasteiger partial charge in [-0.15, -0.1) is 0 Å². The summed E-state index contributed by atoms with van der Waals surface area (Å²) in [6.45, 7) is 5.26. The Morgan fingerprint density at radius 3 is 2.12 bits per heavy atom. The number of hydrogen-bond donors (Lipinski definition) is 0. The fraction of sp³-hybridized carbons (Fsp3) is 0.720. The zero-order valence-electron chi connectivity index (χ0n) is 19.8. The molecule has 3 fully saturated rings. The highest BCUT2D eigenvalue weighted by Gasteiger charge is 2.31. The van der Waals surface area contributed by atoms with E-state index < -0.39 is 10.0 Å². The van der Waals surface area contributed by atoms with Crippen LogP contribution in [0.25, 0.3) is 0 Å². The number of hydrogen-bond acceptors (Lipinski definition) is 4. The van der Waals surface area contributed by atoms with E-state index >= 15 is 0 Å². The lowest BCUT2D eigenvalue weighted by Gasteiger charge is -2.36. The molecular formula is C25H39N3O3S. The molecule has 1 aliphatic carbocycles. The average molecular weight is 462 g/mol. The van der Waals surface area contributed by atoms with Crippen LogP contribution in [0, 0.1) is 5.92 Å². The Kier molecular flexibility index (Phi) is 7.45. The predicted molar refractivity (Wildman–Crippen MR) is 129 cm³/mol. The van der Waals surface area contributed by atoms with Crippen molar-refractivity contribution in [1.29, 1.82) is 0 Å². The summed E-state index contributed by atoms with van der Waals surface area (Å²) in [7, 11) is -1.68. The number of amides is 1. The Balaban J connectivity index is 1.66. The lowest BCUT2D eigenvalue weighted by Crippen LogP contribution is -2.41. The molecular weight excluding hydrogens is 422 g/mol. The van der Waals surface area contributed by atoms with Crippen LogP contribution in [0.15, 0.2) is 23.1 Å². The Hall–Kier alpha value is -1.60. The maximum atomic E-state index is 13.7. The normalized spacial score (nSPS) is 25.5. The van der Waals surface area contributed by atoms with Gasteiger partial charge >= 0.3 is 0 Å². The second-order valence-corrected chi connectivity index (χ2v) is 12.0. The minimum atomic E-state index is -3.58. The van der Waals surface area contributed by atoms with Gasteiger partial charge in [0.2, 0.25) is 10.0 Å². The average Bonchev–Trinajstić information content (AvgIpc) is 2.84. The summed E-state index contributed by atoms with van der Waals surface area (Å²) in [6.07, 6.45) is 10.6. The summed E-state index contributed by atoms with van der Waals surface area (Å²) in [5.41, 5.74) is 1.44. The molecule has 0 radical (unpaired) electrons. The van der Waals surface area contributed by atoms with E-state index in [2.05, 4.69) is 11.8 Å². The van der Waals surface area contributed by atoms with Crippen molar-refractivity contribution in [2.45, 2.75) is 82.1 Å². The van der Waals surface area contributed by atoms with E-state index in [0.29, 0.717) is 18.7 Å². The molecule has 0 unspecified atom stereocenters. The molecule has 4 rings (SSSR count). The first kappa shape index (κ1) is 23.6. The Morgan fingerprint density at radius 1 is 0.906 bits per heavy atom.